The standard InChI is InChI=1S/C70H52N4/c1-45-14-6-10-18-57(45)52-28-40-67(63(42-52)59-20-12-8-16-47(59)3)73(55-32-22-49(44-71)23-33-55)65-38-26-50-25-37-62-66(39-27-51-24-36-61(65)69(50)70(51)62)74(56-34-30-54(72-5)31-35-56)68-41-29-53(58-19-11-7-15-46(58)2)43-64(68)60-21-13-9-17-48(60)4/h6-43,65,70H,1-4H3. The molecule has 0 spiro atoms. The van der Waals surface area contributed by atoms with Crippen LogP contribution in [0.2, 0.25) is 0 Å². The number of anilines is 4. The van der Waals surface area contributed by atoms with Crippen molar-refractivity contribution < 1.29 is 0 Å². The highest BCUT2D eigenvalue weighted by Crippen LogP contribution is 2.53. The quantitative estimate of drug-likeness (QED) is 0.128. The van der Waals surface area contributed by atoms with E-state index in [2.05, 4.69) is 255 Å². The molecular formula is C70H52N4. The van der Waals surface area contributed by atoms with Crippen molar-refractivity contribution in [3.05, 3.63) is 303 Å². The van der Waals surface area contributed by atoms with Gasteiger partial charge in [-0.2, -0.15) is 5.26 Å². The van der Waals surface area contributed by atoms with Gasteiger partial charge in [0.2, 0.25) is 0 Å². The number of rotatable bonds is 10. The van der Waals surface area contributed by atoms with Crippen molar-refractivity contribution in [1.82, 2.24) is 0 Å². The molecule has 0 aromatic heterocycles. The Bertz CT molecular complexity index is 3910. The lowest BCUT2D eigenvalue weighted by molar-refractivity contribution is 0.773. The SMILES string of the molecule is [C-]#[N+]c1ccc(N(C2=C3C=CC4=C5C(=CC=C(C=C2)C35)C(N(c2ccc(C#N)cc2)c2ccc(-c3ccccc3C)cc2-c2ccccc2C)C=C4)c2ccc(-c3ccccc3C)cc2-c2ccccc2C)cc1. The fourth-order valence-corrected chi connectivity index (χ4v) is 11.5. The lowest BCUT2D eigenvalue weighted by Crippen LogP contribution is -2.37. The molecule has 0 saturated heterocycles. The summed E-state index contributed by atoms with van der Waals surface area (Å²) in [5.74, 6) is -0.0531. The minimum absolute atomic E-state index is 0.0531. The first kappa shape index (κ1) is 45.6. The third-order valence-electron chi connectivity index (χ3n) is 15.3. The Morgan fingerprint density at radius 1 is 0.500 bits per heavy atom. The lowest BCUT2D eigenvalue weighted by atomic mass is 9.67. The van der Waals surface area contributed by atoms with E-state index in [0.29, 0.717) is 11.3 Å². The number of hydrogen-bond acceptors (Lipinski definition) is 3. The van der Waals surface area contributed by atoms with E-state index in [4.69, 9.17) is 6.57 Å². The number of nitrogens with zero attached hydrogens (tertiary/aromatic N) is 4. The summed E-state index contributed by atoms with van der Waals surface area (Å²) in [5.41, 5.74) is 26.7. The van der Waals surface area contributed by atoms with Crippen molar-refractivity contribution >= 4 is 28.4 Å². The molecular weight excluding hydrogens is 897 g/mol. The van der Waals surface area contributed by atoms with E-state index in [-0.39, 0.29) is 12.0 Å². The number of nitriles is 1. The summed E-state index contributed by atoms with van der Waals surface area (Å²) in [6.45, 7) is 16.6. The predicted molar refractivity (Wildman–Crippen MR) is 307 cm³/mol. The molecule has 8 aromatic rings. The molecule has 0 fully saturated rings. The molecule has 4 nitrogen and oxygen atoms in total. The average molecular weight is 949 g/mol. The number of aryl methyl sites for hydroxylation is 4. The minimum Gasteiger partial charge on any atom is -0.330 e. The Balaban J connectivity index is 1.04. The Morgan fingerprint density at radius 2 is 1.04 bits per heavy atom. The fourth-order valence-electron chi connectivity index (χ4n) is 11.5. The Hall–Kier alpha value is -9.48. The van der Waals surface area contributed by atoms with Crippen LogP contribution in [0.15, 0.2) is 264 Å². The van der Waals surface area contributed by atoms with Gasteiger partial charge in [0.15, 0.2) is 5.69 Å². The second kappa shape index (κ2) is 18.9. The summed E-state index contributed by atoms with van der Waals surface area (Å²) in [7, 11) is 0. The average Bonchev–Trinajstić information content (AvgIpc) is 3.45. The van der Waals surface area contributed by atoms with Gasteiger partial charge in [-0.15, -0.1) is 0 Å². The maximum atomic E-state index is 10.00. The van der Waals surface area contributed by atoms with E-state index in [1.807, 2.05) is 24.3 Å². The number of hydrogen-bond donors (Lipinski definition) is 0. The number of benzene rings is 8. The molecule has 0 amide bonds. The highest BCUT2D eigenvalue weighted by Gasteiger charge is 2.40. The zero-order valence-corrected chi connectivity index (χ0v) is 41.9. The second-order valence-corrected chi connectivity index (χ2v) is 19.6. The van der Waals surface area contributed by atoms with Gasteiger partial charge in [0, 0.05) is 34.1 Å². The molecule has 0 N–H and O–H groups in total. The molecule has 4 aliphatic rings. The Morgan fingerprint density at radius 3 is 1.61 bits per heavy atom. The molecule has 0 aliphatic heterocycles. The van der Waals surface area contributed by atoms with Gasteiger partial charge < -0.3 is 9.80 Å². The van der Waals surface area contributed by atoms with Crippen LogP contribution >= 0.6 is 0 Å². The van der Waals surface area contributed by atoms with Crippen molar-refractivity contribution in [3.63, 3.8) is 0 Å². The van der Waals surface area contributed by atoms with E-state index in [1.165, 1.54) is 72.4 Å². The van der Waals surface area contributed by atoms with Gasteiger partial charge in [-0.1, -0.05) is 164 Å². The molecule has 352 valence electrons. The monoisotopic (exact) mass is 948 g/mol. The van der Waals surface area contributed by atoms with Crippen LogP contribution in [0, 0.1) is 51.5 Å². The molecule has 2 atom stereocenters. The smallest absolute Gasteiger partial charge is 0.187 e. The van der Waals surface area contributed by atoms with E-state index < -0.39 is 0 Å². The molecule has 0 saturated carbocycles. The van der Waals surface area contributed by atoms with Crippen LogP contribution in [0.1, 0.15) is 27.8 Å². The van der Waals surface area contributed by atoms with Crippen LogP contribution in [0.3, 0.4) is 0 Å². The van der Waals surface area contributed by atoms with Crippen molar-refractivity contribution in [2.24, 2.45) is 5.92 Å². The summed E-state index contributed by atoms with van der Waals surface area (Å²) >= 11 is 0. The van der Waals surface area contributed by atoms with Gasteiger partial charge >= 0.3 is 0 Å². The van der Waals surface area contributed by atoms with Crippen molar-refractivity contribution in [2.75, 3.05) is 9.80 Å². The molecule has 0 radical (unpaired) electrons. The van der Waals surface area contributed by atoms with Crippen LogP contribution in [-0.2, 0) is 0 Å². The van der Waals surface area contributed by atoms with E-state index >= 15 is 0 Å². The first-order valence-corrected chi connectivity index (χ1v) is 25.3. The molecule has 12 rings (SSSR count). The van der Waals surface area contributed by atoms with Gasteiger partial charge in [0.25, 0.3) is 0 Å². The van der Waals surface area contributed by atoms with Gasteiger partial charge in [0.05, 0.1) is 35.6 Å². The molecule has 0 bridgehead atoms. The third-order valence-corrected chi connectivity index (χ3v) is 15.3. The first-order chi connectivity index (χ1) is 36.3. The van der Waals surface area contributed by atoms with E-state index in [9.17, 15) is 5.26 Å². The van der Waals surface area contributed by atoms with Crippen molar-refractivity contribution in [1.29, 1.82) is 5.26 Å². The fraction of sp³-hybridized carbons (Fsp3) is 0.0857. The zero-order valence-electron chi connectivity index (χ0n) is 41.9. The summed E-state index contributed by atoms with van der Waals surface area (Å²) in [6, 6.07) is 66.6. The van der Waals surface area contributed by atoms with Crippen LogP contribution in [-0.4, -0.2) is 6.04 Å². The molecule has 2 unspecified atom stereocenters. The van der Waals surface area contributed by atoms with Gasteiger partial charge in [-0.25, -0.2) is 4.85 Å². The van der Waals surface area contributed by atoms with Crippen molar-refractivity contribution in [2.45, 2.75) is 33.7 Å². The highest BCUT2D eigenvalue weighted by atomic mass is 15.2. The molecule has 8 aromatic carbocycles. The number of allylic oxidation sites excluding steroid dienone is 10. The van der Waals surface area contributed by atoms with E-state index in [0.717, 1.165) is 50.7 Å². The maximum Gasteiger partial charge on any atom is 0.187 e. The topological polar surface area (TPSA) is 34.6 Å². The second-order valence-electron chi connectivity index (χ2n) is 19.6. The zero-order chi connectivity index (χ0) is 50.5. The maximum absolute atomic E-state index is 10.00. The van der Waals surface area contributed by atoms with Crippen LogP contribution < -0.4 is 9.80 Å². The molecule has 74 heavy (non-hydrogen) atoms. The third kappa shape index (κ3) is 7.95. The first-order valence-electron chi connectivity index (χ1n) is 25.3. The summed E-state index contributed by atoms with van der Waals surface area (Å²) in [4.78, 5) is 8.69. The normalized spacial score (nSPS) is 16.0. The summed E-state index contributed by atoms with van der Waals surface area (Å²) in [6.07, 6.45) is 18.6. The molecule has 4 heteroatoms. The summed E-state index contributed by atoms with van der Waals surface area (Å²) < 4.78 is 0. The van der Waals surface area contributed by atoms with Gasteiger partial charge in [0.1, 0.15) is 0 Å². The van der Waals surface area contributed by atoms with Crippen LogP contribution in [0.4, 0.5) is 28.4 Å². The highest BCUT2D eigenvalue weighted by molar-refractivity contribution is 5.92. The molecule has 0 heterocycles. The Kier molecular flexibility index (Phi) is 11.7. The van der Waals surface area contributed by atoms with Crippen LogP contribution in [0.25, 0.3) is 49.4 Å². The Labute approximate surface area is 435 Å². The van der Waals surface area contributed by atoms with Gasteiger partial charge in [-0.3, -0.25) is 0 Å². The van der Waals surface area contributed by atoms with Crippen LogP contribution in [0.5, 0.6) is 0 Å². The predicted octanol–water partition coefficient (Wildman–Crippen LogP) is 18.1. The van der Waals surface area contributed by atoms with E-state index in [1.54, 1.807) is 0 Å². The largest absolute Gasteiger partial charge is 0.330 e. The molecule has 4 aliphatic carbocycles. The minimum atomic E-state index is -0.201. The summed E-state index contributed by atoms with van der Waals surface area (Å²) in [5, 5.41) is 10.00. The van der Waals surface area contributed by atoms with Gasteiger partial charge in [-0.05, 0) is 178 Å². The lowest BCUT2D eigenvalue weighted by Gasteiger charge is -2.44. The van der Waals surface area contributed by atoms with Crippen molar-refractivity contribution in [3.8, 4) is 50.6 Å².